The summed E-state index contributed by atoms with van der Waals surface area (Å²) >= 11 is 3.56. The van der Waals surface area contributed by atoms with Gasteiger partial charge in [0.2, 0.25) is 11.5 Å². The first-order valence-corrected chi connectivity index (χ1v) is 7.26. The van der Waals surface area contributed by atoms with E-state index in [-0.39, 0.29) is 5.88 Å². The Morgan fingerprint density at radius 3 is 2.71 bits per heavy atom. The molecule has 0 spiro atoms. The van der Waals surface area contributed by atoms with Crippen molar-refractivity contribution in [2.24, 2.45) is 24.1 Å². The lowest BCUT2D eigenvalue weighted by Gasteiger charge is -2.03. The van der Waals surface area contributed by atoms with Crippen LogP contribution >= 0.6 is 15.9 Å². The van der Waals surface area contributed by atoms with Crippen molar-refractivity contribution in [3.8, 4) is 5.88 Å². The largest absolute Gasteiger partial charge is 0.493 e. The molecule has 0 radical (unpaired) electrons. The molecule has 0 saturated carbocycles. The SMILES string of the molecule is CN=c1n(C)c(O)c(/C=C2\C=Nc3cccc(Br)c32)n1C. The van der Waals surface area contributed by atoms with E-state index < -0.39 is 0 Å². The van der Waals surface area contributed by atoms with Crippen LogP contribution < -0.4 is 5.62 Å². The molecular weight excluding hydrogens is 332 g/mol. The average molecular weight is 347 g/mol. The van der Waals surface area contributed by atoms with Gasteiger partial charge in [0.25, 0.3) is 0 Å². The fraction of sp³-hybridized carbons (Fsp3) is 0.200. The molecule has 6 heteroatoms. The van der Waals surface area contributed by atoms with Gasteiger partial charge in [-0.3, -0.25) is 14.6 Å². The van der Waals surface area contributed by atoms with Crippen LogP contribution in [0.1, 0.15) is 11.3 Å². The summed E-state index contributed by atoms with van der Waals surface area (Å²) in [6.45, 7) is 0. The number of benzene rings is 1. The Kier molecular flexibility index (Phi) is 3.33. The summed E-state index contributed by atoms with van der Waals surface area (Å²) in [6.07, 6.45) is 3.73. The van der Waals surface area contributed by atoms with E-state index in [1.165, 1.54) is 0 Å². The summed E-state index contributed by atoms with van der Waals surface area (Å²) in [6, 6.07) is 5.91. The molecule has 0 saturated heterocycles. The molecule has 5 nitrogen and oxygen atoms in total. The molecule has 0 aliphatic carbocycles. The van der Waals surface area contributed by atoms with Gasteiger partial charge in [0.05, 0.1) is 5.69 Å². The van der Waals surface area contributed by atoms with Gasteiger partial charge in [-0.05, 0) is 18.2 Å². The van der Waals surface area contributed by atoms with Crippen molar-refractivity contribution in [1.82, 2.24) is 9.13 Å². The fourth-order valence-corrected chi connectivity index (χ4v) is 3.16. The maximum Gasteiger partial charge on any atom is 0.218 e. The maximum atomic E-state index is 10.3. The van der Waals surface area contributed by atoms with Crippen molar-refractivity contribution in [2.75, 3.05) is 7.05 Å². The zero-order chi connectivity index (χ0) is 15.1. The van der Waals surface area contributed by atoms with Gasteiger partial charge in [-0.1, -0.05) is 22.0 Å². The monoisotopic (exact) mass is 346 g/mol. The standard InChI is InChI=1S/C15H15BrN4O/c1-17-15-19(2)12(14(21)20(15)3)7-9-8-18-11-6-4-5-10(16)13(9)11/h4-8,21H,1-3H3/b9-7+,17-15?. The third kappa shape index (κ3) is 2.06. The summed E-state index contributed by atoms with van der Waals surface area (Å²) in [5.74, 6) is 0.180. The first-order valence-electron chi connectivity index (χ1n) is 6.46. The predicted octanol–water partition coefficient (Wildman–Crippen LogP) is 2.62. The Bertz CT molecular complexity index is 855. The third-order valence-corrected chi connectivity index (χ3v) is 4.28. The smallest absolute Gasteiger partial charge is 0.218 e. The van der Waals surface area contributed by atoms with Gasteiger partial charge < -0.3 is 9.67 Å². The van der Waals surface area contributed by atoms with Crippen molar-refractivity contribution in [1.29, 1.82) is 0 Å². The number of aliphatic imine (C=N–C) groups is 1. The van der Waals surface area contributed by atoms with E-state index in [0.29, 0.717) is 11.3 Å². The van der Waals surface area contributed by atoms with E-state index in [9.17, 15) is 5.11 Å². The minimum Gasteiger partial charge on any atom is -0.493 e. The molecule has 1 aliphatic heterocycles. The number of hydrogen-bond acceptors (Lipinski definition) is 3. The highest BCUT2D eigenvalue weighted by atomic mass is 79.9. The van der Waals surface area contributed by atoms with Crippen LogP contribution in [-0.4, -0.2) is 27.5 Å². The van der Waals surface area contributed by atoms with Crippen molar-refractivity contribution in [3.05, 3.63) is 39.5 Å². The quantitative estimate of drug-likeness (QED) is 0.847. The molecule has 2 heterocycles. The van der Waals surface area contributed by atoms with Crippen molar-refractivity contribution >= 4 is 39.5 Å². The molecule has 0 unspecified atom stereocenters. The second kappa shape index (κ2) is 5.04. The Morgan fingerprint density at radius 1 is 1.29 bits per heavy atom. The van der Waals surface area contributed by atoms with Crippen molar-refractivity contribution < 1.29 is 5.11 Å². The van der Waals surface area contributed by atoms with Gasteiger partial charge in [0, 0.05) is 43.0 Å². The number of nitrogens with zero attached hydrogens (tertiary/aromatic N) is 4. The second-order valence-electron chi connectivity index (χ2n) is 4.84. The number of halogens is 1. The predicted molar refractivity (Wildman–Crippen MR) is 87.7 cm³/mol. The number of hydrogen-bond donors (Lipinski definition) is 1. The number of aromatic hydroxyl groups is 1. The van der Waals surface area contributed by atoms with Gasteiger partial charge in [0.1, 0.15) is 5.69 Å². The van der Waals surface area contributed by atoms with Crippen LogP contribution in [0.25, 0.3) is 11.6 Å². The van der Waals surface area contributed by atoms with Crippen LogP contribution in [0.4, 0.5) is 5.69 Å². The summed E-state index contributed by atoms with van der Waals surface area (Å²) in [5.41, 5.74) is 4.31. The molecule has 0 amide bonds. The number of aromatic nitrogens is 2. The summed E-state index contributed by atoms with van der Waals surface area (Å²) in [7, 11) is 5.36. The molecule has 0 bridgehead atoms. The first kappa shape index (κ1) is 13.9. The Balaban J connectivity index is 2.22. The lowest BCUT2D eigenvalue weighted by molar-refractivity contribution is 0.427. The van der Waals surface area contributed by atoms with E-state index in [4.69, 9.17) is 0 Å². The van der Waals surface area contributed by atoms with Gasteiger partial charge in [-0.2, -0.15) is 0 Å². The molecule has 1 N–H and O–H groups in total. The number of imidazole rings is 1. The highest BCUT2D eigenvalue weighted by molar-refractivity contribution is 9.10. The zero-order valence-corrected chi connectivity index (χ0v) is 13.6. The Hall–Kier alpha value is -2.08. The topological polar surface area (TPSA) is 54.8 Å². The highest BCUT2D eigenvalue weighted by Gasteiger charge is 2.18. The van der Waals surface area contributed by atoms with E-state index in [1.54, 1.807) is 18.7 Å². The minimum atomic E-state index is 0.180. The van der Waals surface area contributed by atoms with Crippen LogP contribution in [0.5, 0.6) is 5.88 Å². The number of fused-ring (bicyclic) bond motifs is 1. The van der Waals surface area contributed by atoms with Crippen LogP contribution in [0.15, 0.2) is 32.7 Å². The third-order valence-electron chi connectivity index (χ3n) is 3.62. The molecule has 0 fully saturated rings. The van der Waals surface area contributed by atoms with Crippen molar-refractivity contribution in [2.45, 2.75) is 0 Å². The van der Waals surface area contributed by atoms with Crippen molar-refractivity contribution in [3.63, 3.8) is 0 Å². The summed E-state index contributed by atoms with van der Waals surface area (Å²) in [4.78, 5) is 8.58. The van der Waals surface area contributed by atoms with Gasteiger partial charge in [-0.25, -0.2) is 0 Å². The van der Waals surface area contributed by atoms with Crippen LogP contribution in [0, 0.1) is 0 Å². The average Bonchev–Trinajstić information content (AvgIpc) is 2.96. The Morgan fingerprint density at radius 2 is 2.05 bits per heavy atom. The fourth-order valence-electron chi connectivity index (χ4n) is 2.58. The van der Waals surface area contributed by atoms with Gasteiger partial charge in [-0.15, -0.1) is 0 Å². The molecule has 21 heavy (non-hydrogen) atoms. The lowest BCUT2D eigenvalue weighted by atomic mass is 10.1. The molecule has 1 aliphatic rings. The maximum absolute atomic E-state index is 10.3. The summed E-state index contributed by atoms with van der Waals surface area (Å²) in [5, 5.41) is 10.3. The zero-order valence-electron chi connectivity index (χ0n) is 12.0. The molecule has 0 atom stereocenters. The molecule has 2 aromatic rings. The Labute approximate surface area is 130 Å². The molecule has 1 aromatic heterocycles. The number of allylic oxidation sites excluding steroid dienone is 1. The van der Waals surface area contributed by atoms with E-state index in [2.05, 4.69) is 25.9 Å². The minimum absolute atomic E-state index is 0.180. The highest BCUT2D eigenvalue weighted by Crippen LogP contribution is 2.38. The van der Waals surface area contributed by atoms with Gasteiger partial charge in [0.15, 0.2) is 0 Å². The van der Waals surface area contributed by atoms with E-state index >= 15 is 0 Å². The first-order chi connectivity index (χ1) is 10.0. The van der Waals surface area contributed by atoms with Crippen LogP contribution in [0.2, 0.25) is 0 Å². The lowest BCUT2D eigenvalue weighted by Crippen LogP contribution is -2.22. The van der Waals surface area contributed by atoms with Gasteiger partial charge >= 0.3 is 0 Å². The molecule has 108 valence electrons. The molecule has 1 aromatic carbocycles. The van der Waals surface area contributed by atoms with E-state index in [1.807, 2.05) is 42.1 Å². The normalized spacial score (nSPS) is 16.0. The molecule has 3 rings (SSSR count). The van der Waals surface area contributed by atoms with E-state index in [0.717, 1.165) is 21.3 Å². The molecular formula is C15H15BrN4O. The summed E-state index contributed by atoms with van der Waals surface area (Å²) < 4.78 is 4.49. The van der Waals surface area contributed by atoms with Crippen LogP contribution in [-0.2, 0) is 14.1 Å². The number of rotatable bonds is 1. The second-order valence-corrected chi connectivity index (χ2v) is 5.70. The van der Waals surface area contributed by atoms with Crippen LogP contribution in [0.3, 0.4) is 0 Å².